The van der Waals surface area contributed by atoms with E-state index in [1.165, 1.54) is 28.4 Å². The van der Waals surface area contributed by atoms with Gasteiger partial charge in [-0.2, -0.15) is 0 Å². The molecule has 2 aromatic carbocycles. The number of hydrogen-bond acceptors (Lipinski definition) is 10. The Morgan fingerprint density at radius 2 is 1.09 bits per heavy atom. The van der Waals surface area contributed by atoms with Crippen LogP contribution in [0.2, 0.25) is 0 Å². The fourth-order valence-corrected chi connectivity index (χ4v) is 3.53. The molecule has 0 radical (unpaired) electrons. The van der Waals surface area contributed by atoms with E-state index in [-0.39, 0.29) is 24.0 Å². The highest BCUT2D eigenvalue weighted by atomic mass is 16.7. The number of benzene rings is 2. The Kier molecular flexibility index (Phi) is 7.64. The molecule has 0 aliphatic carbocycles. The second kappa shape index (κ2) is 10.4. The van der Waals surface area contributed by atoms with Gasteiger partial charge in [-0.15, -0.1) is 0 Å². The number of cyclic esters (lactones) is 2. The summed E-state index contributed by atoms with van der Waals surface area (Å²) in [4.78, 5) is 26.2. The molecule has 182 valence electrons. The van der Waals surface area contributed by atoms with Crippen LogP contribution in [-0.4, -0.2) is 52.8 Å². The first-order chi connectivity index (χ1) is 16.3. The summed E-state index contributed by atoms with van der Waals surface area (Å²) in [6.45, 7) is -0.405. The second-order valence-electron chi connectivity index (χ2n) is 7.48. The summed E-state index contributed by atoms with van der Waals surface area (Å²) in [6, 6.07) is 10.3. The Morgan fingerprint density at radius 3 is 1.41 bits per heavy atom. The quantitative estimate of drug-likeness (QED) is 0.515. The summed E-state index contributed by atoms with van der Waals surface area (Å²) in [5.74, 6) is -1.68. The molecule has 2 aromatic rings. The Morgan fingerprint density at radius 1 is 0.706 bits per heavy atom. The van der Waals surface area contributed by atoms with Crippen LogP contribution in [0.4, 0.5) is 0 Å². The van der Waals surface area contributed by atoms with Crippen molar-refractivity contribution >= 4 is 11.9 Å². The summed E-state index contributed by atoms with van der Waals surface area (Å²) >= 11 is 0. The highest BCUT2D eigenvalue weighted by molar-refractivity contribution is 6.02. The molecule has 0 spiro atoms. The zero-order valence-corrected chi connectivity index (χ0v) is 19.5. The van der Waals surface area contributed by atoms with Gasteiger partial charge in [0, 0.05) is 12.8 Å². The minimum absolute atomic E-state index is 0.0531. The van der Waals surface area contributed by atoms with Gasteiger partial charge in [-0.05, 0) is 35.4 Å². The Bertz CT molecular complexity index is 1030. The molecule has 3 rings (SSSR count). The SMILES string of the molecule is COc1ccc(CC2=C(Cc3ccc(OC)c(OC)c3)C(=O)OC(N)(CN)OC2=O)cc1OC. The lowest BCUT2D eigenvalue weighted by Crippen LogP contribution is -2.53. The average Bonchev–Trinajstić information content (AvgIpc) is 2.93. The van der Waals surface area contributed by atoms with E-state index in [0.717, 1.165) is 0 Å². The molecule has 1 aliphatic heterocycles. The van der Waals surface area contributed by atoms with E-state index in [0.29, 0.717) is 34.1 Å². The van der Waals surface area contributed by atoms with Gasteiger partial charge in [0.1, 0.15) is 0 Å². The van der Waals surface area contributed by atoms with Gasteiger partial charge in [-0.1, -0.05) is 12.1 Å². The molecule has 0 saturated heterocycles. The number of esters is 2. The average molecular weight is 472 g/mol. The Labute approximate surface area is 197 Å². The normalized spacial score (nSPS) is 15.2. The van der Waals surface area contributed by atoms with Crippen LogP contribution in [0.25, 0.3) is 0 Å². The van der Waals surface area contributed by atoms with Gasteiger partial charge in [-0.25, -0.2) is 9.59 Å². The van der Waals surface area contributed by atoms with Crippen molar-refractivity contribution < 1.29 is 38.0 Å². The summed E-state index contributed by atoms with van der Waals surface area (Å²) in [7, 11) is 6.05. The number of rotatable bonds is 9. The minimum atomic E-state index is -2.07. The molecular weight excluding hydrogens is 444 g/mol. The van der Waals surface area contributed by atoms with Crippen molar-refractivity contribution in [2.24, 2.45) is 11.5 Å². The Hall–Kier alpha value is -3.76. The van der Waals surface area contributed by atoms with Crippen LogP contribution in [0.1, 0.15) is 11.1 Å². The largest absolute Gasteiger partial charge is 0.493 e. The van der Waals surface area contributed by atoms with Gasteiger partial charge in [-0.3, -0.25) is 5.73 Å². The molecule has 0 saturated carbocycles. The lowest BCUT2D eigenvalue weighted by atomic mass is 9.95. The first kappa shape index (κ1) is 24.9. The number of ether oxygens (including phenoxy) is 6. The van der Waals surface area contributed by atoms with Gasteiger partial charge in [0.05, 0.1) is 46.1 Å². The minimum Gasteiger partial charge on any atom is -0.493 e. The molecule has 1 heterocycles. The molecule has 34 heavy (non-hydrogen) atoms. The van der Waals surface area contributed by atoms with Crippen LogP contribution in [0.5, 0.6) is 23.0 Å². The zero-order chi connectivity index (χ0) is 24.9. The summed E-state index contributed by atoms with van der Waals surface area (Å²) in [5, 5.41) is 0. The summed E-state index contributed by atoms with van der Waals surface area (Å²) in [6.07, 6.45) is 0.106. The van der Waals surface area contributed by atoms with Gasteiger partial charge in [0.15, 0.2) is 23.0 Å². The maximum absolute atomic E-state index is 13.1. The molecule has 4 N–H and O–H groups in total. The third kappa shape index (κ3) is 5.24. The van der Waals surface area contributed by atoms with Gasteiger partial charge < -0.3 is 34.2 Å². The van der Waals surface area contributed by atoms with Crippen molar-refractivity contribution in [3.05, 3.63) is 58.7 Å². The van der Waals surface area contributed by atoms with Crippen molar-refractivity contribution in [1.82, 2.24) is 0 Å². The molecule has 0 unspecified atom stereocenters. The maximum atomic E-state index is 13.1. The van der Waals surface area contributed by atoms with Crippen LogP contribution < -0.4 is 30.4 Å². The fourth-order valence-electron chi connectivity index (χ4n) is 3.53. The van der Waals surface area contributed by atoms with E-state index in [9.17, 15) is 9.59 Å². The van der Waals surface area contributed by atoms with E-state index in [1.807, 2.05) is 0 Å². The molecule has 0 bridgehead atoms. The topological polar surface area (TPSA) is 142 Å². The van der Waals surface area contributed by atoms with Gasteiger partial charge in [0.25, 0.3) is 0 Å². The zero-order valence-electron chi connectivity index (χ0n) is 19.5. The standard InChI is InChI=1S/C24H28N2O8/c1-29-18-7-5-14(11-20(18)31-3)9-16-17(23(28)34-24(26,13-25)33-22(16)27)10-15-6-8-19(30-2)21(12-15)32-4/h5-8,11-12H,9-10,13,25-26H2,1-4H3. The number of hydrogen-bond donors (Lipinski definition) is 2. The Balaban J connectivity index is 2.07. The van der Waals surface area contributed by atoms with Crippen molar-refractivity contribution in [3.8, 4) is 23.0 Å². The third-order valence-electron chi connectivity index (χ3n) is 5.33. The smallest absolute Gasteiger partial charge is 0.339 e. The van der Waals surface area contributed by atoms with Crippen LogP contribution >= 0.6 is 0 Å². The predicted octanol–water partition coefficient (Wildman–Crippen LogP) is 1.47. The fraction of sp³-hybridized carbons (Fsp3) is 0.333. The van der Waals surface area contributed by atoms with Crippen LogP contribution in [-0.2, 0) is 31.9 Å². The third-order valence-corrected chi connectivity index (χ3v) is 5.33. The molecule has 10 nitrogen and oxygen atoms in total. The van der Waals surface area contributed by atoms with Crippen LogP contribution in [0.3, 0.4) is 0 Å². The molecule has 0 amide bonds. The number of carbonyl (C=O) groups is 2. The van der Waals surface area contributed by atoms with Crippen molar-refractivity contribution in [2.75, 3.05) is 35.0 Å². The monoisotopic (exact) mass is 472 g/mol. The van der Waals surface area contributed by atoms with E-state index in [1.54, 1.807) is 36.4 Å². The maximum Gasteiger partial charge on any atom is 0.339 e. The second-order valence-corrected chi connectivity index (χ2v) is 7.48. The molecule has 0 atom stereocenters. The van der Waals surface area contributed by atoms with E-state index >= 15 is 0 Å². The van der Waals surface area contributed by atoms with Crippen LogP contribution in [0, 0.1) is 0 Å². The predicted molar refractivity (Wildman–Crippen MR) is 122 cm³/mol. The van der Waals surface area contributed by atoms with Crippen LogP contribution in [0.15, 0.2) is 47.5 Å². The van der Waals surface area contributed by atoms with Gasteiger partial charge in [0.2, 0.25) is 0 Å². The van der Waals surface area contributed by atoms with Gasteiger partial charge >= 0.3 is 17.8 Å². The number of nitrogens with two attached hydrogens (primary N) is 2. The van der Waals surface area contributed by atoms with E-state index in [2.05, 4.69) is 0 Å². The molecular formula is C24H28N2O8. The van der Waals surface area contributed by atoms with E-state index < -0.39 is 24.4 Å². The lowest BCUT2D eigenvalue weighted by Gasteiger charge is -2.24. The lowest BCUT2D eigenvalue weighted by molar-refractivity contribution is -0.215. The molecule has 0 fully saturated rings. The molecule has 10 heteroatoms. The highest BCUT2D eigenvalue weighted by Gasteiger charge is 2.40. The highest BCUT2D eigenvalue weighted by Crippen LogP contribution is 2.33. The molecule has 0 aromatic heterocycles. The molecule has 1 aliphatic rings. The summed E-state index contributed by atoms with van der Waals surface area (Å²) < 4.78 is 31.8. The van der Waals surface area contributed by atoms with Crippen molar-refractivity contribution in [2.45, 2.75) is 18.8 Å². The van der Waals surface area contributed by atoms with Crippen molar-refractivity contribution in [3.63, 3.8) is 0 Å². The summed E-state index contributed by atoms with van der Waals surface area (Å²) in [5.41, 5.74) is 13.1. The first-order valence-corrected chi connectivity index (χ1v) is 10.4. The van der Waals surface area contributed by atoms with Crippen molar-refractivity contribution in [1.29, 1.82) is 0 Å². The number of carbonyl (C=O) groups excluding carboxylic acids is 2. The first-order valence-electron chi connectivity index (χ1n) is 10.4. The van der Waals surface area contributed by atoms with E-state index in [4.69, 9.17) is 39.9 Å². The number of methoxy groups -OCH3 is 4.